The van der Waals surface area contributed by atoms with Crippen LogP contribution >= 0.6 is 11.6 Å². The lowest BCUT2D eigenvalue weighted by atomic mass is 9.96. The van der Waals surface area contributed by atoms with Crippen molar-refractivity contribution < 1.29 is 63.2 Å². The molecular formula is C34H37ClN2O13. The summed E-state index contributed by atoms with van der Waals surface area (Å²) in [5.74, 6) is -1.02. The molecule has 15 nitrogen and oxygen atoms in total. The standard InChI is InChI=1S/C34H37ClN2O13/c1-17(38)37-22-13-18(7-8-21(22)35)14-45-33-27(41)25(39)30(23(47-33)15-44-31(43)19-5-3-2-4-6-19)50-34-28(42)26(40)29-24(48-34)16-46-32(49-29)20-9-11-36-12-10-20/h2-13,23-30,32-34,39-42H,14-16H2,1H3,(H,37,38)/t23-,24-,25-,26-,27-,28-,29-,30-,32-,33-,34-/m1/s1. The molecule has 6 rings (SSSR count). The van der Waals surface area contributed by atoms with Crippen molar-refractivity contribution in [2.45, 2.75) is 81.2 Å². The summed E-state index contributed by atoms with van der Waals surface area (Å²) in [5.41, 5.74) is 1.82. The van der Waals surface area contributed by atoms with Gasteiger partial charge in [-0.05, 0) is 42.0 Å². The summed E-state index contributed by atoms with van der Waals surface area (Å²) < 4.78 is 41.0. The quantitative estimate of drug-likeness (QED) is 0.189. The number of aromatic nitrogens is 1. The fourth-order valence-corrected chi connectivity index (χ4v) is 5.99. The predicted octanol–water partition coefficient (Wildman–Crippen LogP) is 1.46. The van der Waals surface area contributed by atoms with Gasteiger partial charge >= 0.3 is 5.97 Å². The zero-order chi connectivity index (χ0) is 35.4. The molecule has 0 aliphatic carbocycles. The molecule has 50 heavy (non-hydrogen) atoms. The molecule has 1 amide bonds. The lowest BCUT2D eigenvalue weighted by Crippen LogP contribution is -2.66. The number of ether oxygens (including phenoxy) is 7. The van der Waals surface area contributed by atoms with Gasteiger partial charge in [0.1, 0.15) is 55.4 Å². The van der Waals surface area contributed by atoms with Crippen LogP contribution in [0.15, 0.2) is 73.1 Å². The van der Waals surface area contributed by atoms with Crippen molar-refractivity contribution in [3.63, 3.8) is 0 Å². The first kappa shape index (κ1) is 36.2. The third-order valence-electron chi connectivity index (χ3n) is 8.39. The van der Waals surface area contributed by atoms with Gasteiger partial charge in [0, 0.05) is 24.9 Å². The minimum atomic E-state index is -1.71. The van der Waals surface area contributed by atoms with Gasteiger partial charge in [0.2, 0.25) is 5.91 Å². The zero-order valence-corrected chi connectivity index (χ0v) is 27.4. The van der Waals surface area contributed by atoms with Crippen LogP contribution in [0.3, 0.4) is 0 Å². The van der Waals surface area contributed by atoms with Gasteiger partial charge in [-0.25, -0.2) is 4.79 Å². The van der Waals surface area contributed by atoms with Gasteiger partial charge in [-0.1, -0.05) is 35.9 Å². The van der Waals surface area contributed by atoms with Crippen LogP contribution in [0, 0.1) is 0 Å². The van der Waals surface area contributed by atoms with Crippen molar-refractivity contribution in [1.82, 2.24) is 4.98 Å². The Morgan fingerprint density at radius 2 is 1.66 bits per heavy atom. The topological polar surface area (TPSA) is 205 Å². The molecule has 0 unspecified atom stereocenters. The third kappa shape index (κ3) is 8.30. The van der Waals surface area contributed by atoms with Gasteiger partial charge in [0.15, 0.2) is 18.9 Å². The molecule has 0 saturated carbocycles. The number of amides is 1. The highest BCUT2D eigenvalue weighted by atomic mass is 35.5. The normalized spacial score (nSPS) is 32.5. The van der Waals surface area contributed by atoms with E-state index in [0.717, 1.165) is 0 Å². The monoisotopic (exact) mass is 716 g/mol. The molecular weight excluding hydrogens is 680 g/mol. The molecule has 5 N–H and O–H groups in total. The van der Waals surface area contributed by atoms with E-state index in [4.69, 9.17) is 44.8 Å². The van der Waals surface area contributed by atoms with Crippen LogP contribution in [-0.4, -0.2) is 112 Å². The van der Waals surface area contributed by atoms with Gasteiger partial charge in [0.25, 0.3) is 0 Å². The minimum Gasteiger partial charge on any atom is -0.459 e. The summed E-state index contributed by atoms with van der Waals surface area (Å²) in [7, 11) is 0. The number of esters is 1. The van der Waals surface area contributed by atoms with Crippen LogP contribution < -0.4 is 5.32 Å². The summed E-state index contributed by atoms with van der Waals surface area (Å²) in [6.45, 7) is 0.701. The lowest BCUT2D eigenvalue weighted by molar-refractivity contribution is -0.386. The van der Waals surface area contributed by atoms with E-state index in [1.165, 1.54) is 6.92 Å². The Morgan fingerprint density at radius 1 is 0.920 bits per heavy atom. The van der Waals surface area contributed by atoms with Crippen molar-refractivity contribution in [3.8, 4) is 0 Å². The Hall–Kier alpha value is -3.58. The van der Waals surface area contributed by atoms with Crippen LogP contribution in [-0.2, 0) is 44.6 Å². The average Bonchev–Trinajstić information content (AvgIpc) is 3.13. The number of aliphatic hydroxyl groups is 4. The summed E-state index contributed by atoms with van der Waals surface area (Å²) in [6, 6.07) is 16.3. The fourth-order valence-electron chi connectivity index (χ4n) is 5.82. The van der Waals surface area contributed by atoms with Crippen molar-refractivity contribution in [1.29, 1.82) is 0 Å². The molecule has 11 atom stereocenters. The Labute approximate surface area is 291 Å². The molecule has 3 saturated heterocycles. The van der Waals surface area contributed by atoms with E-state index in [-0.39, 0.29) is 24.7 Å². The van der Waals surface area contributed by atoms with Crippen LogP contribution in [0.2, 0.25) is 5.02 Å². The number of nitrogens with one attached hydrogen (secondary N) is 1. The van der Waals surface area contributed by atoms with Crippen molar-refractivity contribution >= 4 is 29.2 Å². The molecule has 3 aliphatic heterocycles. The third-order valence-corrected chi connectivity index (χ3v) is 8.72. The number of aliphatic hydroxyl groups excluding tert-OH is 4. The second-order valence-electron chi connectivity index (χ2n) is 12.0. The van der Waals surface area contributed by atoms with Crippen LogP contribution in [0.1, 0.15) is 34.7 Å². The summed E-state index contributed by atoms with van der Waals surface area (Å²) in [6.07, 6.45) is -11.8. The van der Waals surface area contributed by atoms with Crippen molar-refractivity contribution in [2.75, 3.05) is 18.5 Å². The van der Waals surface area contributed by atoms with E-state index in [2.05, 4.69) is 10.3 Å². The van der Waals surface area contributed by atoms with E-state index in [1.807, 2.05) is 0 Å². The highest BCUT2D eigenvalue weighted by Gasteiger charge is 2.53. The SMILES string of the molecule is CC(=O)Nc1cc(CO[C@@H]2O[C@H](COC(=O)c3ccccc3)[C@@H](O[C@H]3O[C@@H]4CO[C@@H](c5ccncc5)O[C@H]4[C@H](O)[C@H]3O)[C@H](O)[C@H]2O)ccc1Cl. The first-order chi connectivity index (χ1) is 24.1. The summed E-state index contributed by atoms with van der Waals surface area (Å²) in [5, 5.41) is 47.4. The molecule has 0 radical (unpaired) electrons. The number of hydrogen-bond acceptors (Lipinski definition) is 14. The molecule has 2 aromatic carbocycles. The minimum absolute atomic E-state index is 0.0317. The molecule has 268 valence electrons. The maximum Gasteiger partial charge on any atom is 0.338 e. The fraction of sp³-hybridized carbons (Fsp3) is 0.441. The Morgan fingerprint density at radius 3 is 2.40 bits per heavy atom. The van der Waals surface area contributed by atoms with E-state index < -0.39 is 80.3 Å². The number of fused-ring (bicyclic) bond motifs is 1. The highest BCUT2D eigenvalue weighted by Crippen LogP contribution is 2.36. The lowest BCUT2D eigenvalue weighted by Gasteiger charge is -2.48. The maximum atomic E-state index is 12.8. The van der Waals surface area contributed by atoms with Crippen LogP contribution in [0.4, 0.5) is 5.69 Å². The van der Waals surface area contributed by atoms with E-state index >= 15 is 0 Å². The van der Waals surface area contributed by atoms with Crippen molar-refractivity contribution in [3.05, 3.63) is 94.8 Å². The molecule has 0 spiro atoms. The molecule has 1 aromatic heterocycles. The Balaban J connectivity index is 1.16. The number of carbonyl (C=O) groups excluding carboxylic acids is 2. The number of rotatable bonds is 10. The highest BCUT2D eigenvalue weighted by molar-refractivity contribution is 6.33. The number of halogens is 1. The average molecular weight is 717 g/mol. The molecule has 4 heterocycles. The smallest absolute Gasteiger partial charge is 0.338 e. The number of nitrogens with zero attached hydrogens (tertiary/aromatic N) is 1. The number of benzene rings is 2. The first-order valence-electron chi connectivity index (χ1n) is 15.8. The number of carbonyl (C=O) groups is 2. The van der Waals surface area contributed by atoms with Gasteiger partial charge in [-0.15, -0.1) is 0 Å². The van der Waals surface area contributed by atoms with Gasteiger partial charge in [0.05, 0.1) is 29.5 Å². The van der Waals surface area contributed by atoms with Crippen LogP contribution in [0.5, 0.6) is 0 Å². The van der Waals surface area contributed by atoms with E-state index in [1.54, 1.807) is 73.1 Å². The maximum absolute atomic E-state index is 12.8. The second-order valence-corrected chi connectivity index (χ2v) is 12.4. The zero-order valence-electron chi connectivity index (χ0n) is 26.7. The number of anilines is 1. The number of pyridine rings is 1. The van der Waals surface area contributed by atoms with Crippen molar-refractivity contribution in [2.24, 2.45) is 0 Å². The molecule has 3 aliphatic rings. The number of hydrogen-bond donors (Lipinski definition) is 5. The Bertz CT molecular complexity index is 1600. The van der Waals surface area contributed by atoms with E-state index in [0.29, 0.717) is 21.8 Å². The molecule has 3 aromatic rings. The van der Waals surface area contributed by atoms with Gasteiger partial charge in [-0.2, -0.15) is 0 Å². The van der Waals surface area contributed by atoms with E-state index in [9.17, 15) is 30.0 Å². The molecule has 0 bridgehead atoms. The van der Waals surface area contributed by atoms with Crippen LogP contribution in [0.25, 0.3) is 0 Å². The summed E-state index contributed by atoms with van der Waals surface area (Å²) in [4.78, 5) is 28.3. The largest absolute Gasteiger partial charge is 0.459 e. The Kier molecular flexibility index (Phi) is 11.7. The molecule has 16 heteroatoms. The second kappa shape index (κ2) is 16.2. The van der Waals surface area contributed by atoms with Gasteiger partial charge in [-0.3, -0.25) is 9.78 Å². The first-order valence-corrected chi connectivity index (χ1v) is 16.2. The predicted molar refractivity (Wildman–Crippen MR) is 171 cm³/mol. The van der Waals surface area contributed by atoms with Gasteiger partial charge < -0.3 is 58.9 Å². The summed E-state index contributed by atoms with van der Waals surface area (Å²) >= 11 is 6.17. The molecule has 3 fully saturated rings.